The fraction of sp³-hybridized carbons (Fsp3) is 0.400. The van der Waals surface area contributed by atoms with Crippen molar-refractivity contribution in [1.82, 2.24) is 19.5 Å². The summed E-state index contributed by atoms with van der Waals surface area (Å²) in [6.07, 6.45) is 5.50. The number of fused-ring (bicyclic) bond motifs is 1. The van der Waals surface area contributed by atoms with Crippen LogP contribution in [0, 0.1) is 0 Å². The third kappa shape index (κ3) is 5.20. The van der Waals surface area contributed by atoms with E-state index in [1.54, 1.807) is 10.9 Å². The molecule has 0 aliphatic heterocycles. The van der Waals surface area contributed by atoms with E-state index >= 15 is 0 Å². The van der Waals surface area contributed by atoms with Crippen molar-refractivity contribution >= 4 is 24.6 Å². The molecule has 136 valence electrons. The number of nitrogen functional groups attached to an aromatic ring is 1. The molecule has 2 heterocycles. The Hall–Kier alpha value is -2.06. The van der Waals surface area contributed by atoms with Crippen LogP contribution in [-0.2, 0) is 24.9 Å². The van der Waals surface area contributed by atoms with Crippen molar-refractivity contribution in [2.24, 2.45) is 0 Å². The topological polar surface area (TPSA) is 114 Å². The van der Waals surface area contributed by atoms with Crippen LogP contribution in [0.4, 0.5) is 5.82 Å². The lowest BCUT2D eigenvalue weighted by Crippen LogP contribution is -2.18. The first-order valence-corrected chi connectivity index (χ1v) is 9.34. The standard InChI is InChI=1S/C15H22N5O4P/c1-4-6-23-25(21,24-7-5-2)11-22-12(3)8-20-10-19-13-14(16)17-9-18-15(13)20/h4-5,9-10,12H,1-2,6-8,11H2,3H3,(H2,16,17,18)/t12-/m1/s1. The van der Waals surface area contributed by atoms with Crippen molar-refractivity contribution in [3.05, 3.63) is 38.0 Å². The highest BCUT2D eigenvalue weighted by molar-refractivity contribution is 7.53. The minimum absolute atomic E-state index is 0.106. The zero-order valence-corrected chi connectivity index (χ0v) is 15.0. The summed E-state index contributed by atoms with van der Waals surface area (Å²) in [6, 6.07) is 0. The minimum Gasteiger partial charge on any atom is -0.382 e. The van der Waals surface area contributed by atoms with Crippen LogP contribution >= 0.6 is 7.60 Å². The molecule has 0 saturated heterocycles. The molecule has 25 heavy (non-hydrogen) atoms. The number of imidazole rings is 1. The molecule has 2 aromatic rings. The van der Waals surface area contributed by atoms with E-state index in [1.807, 2.05) is 6.92 Å². The Morgan fingerprint density at radius 1 is 1.28 bits per heavy atom. The molecule has 0 amide bonds. The number of anilines is 1. The lowest BCUT2D eigenvalue weighted by Gasteiger charge is -2.20. The lowest BCUT2D eigenvalue weighted by molar-refractivity contribution is 0.0688. The van der Waals surface area contributed by atoms with Crippen molar-refractivity contribution in [3.63, 3.8) is 0 Å². The van der Waals surface area contributed by atoms with Crippen LogP contribution in [0.1, 0.15) is 6.92 Å². The lowest BCUT2D eigenvalue weighted by atomic mass is 10.4. The van der Waals surface area contributed by atoms with Gasteiger partial charge in [0.05, 0.1) is 32.2 Å². The van der Waals surface area contributed by atoms with Crippen molar-refractivity contribution in [1.29, 1.82) is 0 Å². The van der Waals surface area contributed by atoms with Crippen LogP contribution in [0.25, 0.3) is 11.2 Å². The van der Waals surface area contributed by atoms with Gasteiger partial charge in [-0.15, -0.1) is 13.2 Å². The van der Waals surface area contributed by atoms with Gasteiger partial charge in [-0.1, -0.05) is 12.2 Å². The van der Waals surface area contributed by atoms with Crippen LogP contribution in [0.5, 0.6) is 0 Å². The summed E-state index contributed by atoms with van der Waals surface area (Å²) in [5.41, 5.74) is 6.90. The maximum Gasteiger partial charge on any atom is 0.356 e. The monoisotopic (exact) mass is 367 g/mol. The molecule has 0 aromatic carbocycles. The number of nitrogens with zero attached hydrogens (tertiary/aromatic N) is 4. The second-order valence-corrected chi connectivity index (χ2v) is 7.21. The second-order valence-electron chi connectivity index (χ2n) is 5.21. The van der Waals surface area contributed by atoms with Crippen LogP contribution in [0.2, 0.25) is 0 Å². The Morgan fingerprint density at radius 2 is 1.96 bits per heavy atom. The maximum atomic E-state index is 12.6. The van der Waals surface area contributed by atoms with Crippen LogP contribution in [0.3, 0.4) is 0 Å². The smallest absolute Gasteiger partial charge is 0.356 e. The van der Waals surface area contributed by atoms with Gasteiger partial charge in [-0.25, -0.2) is 15.0 Å². The van der Waals surface area contributed by atoms with Gasteiger partial charge >= 0.3 is 7.60 Å². The quantitative estimate of drug-likeness (QED) is 0.475. The number of rotatable bonds is 11. The van der Waals surface area contributed by atoms with E-state index in [-0.39, 0.29) is 25.7 Å². The van der Waals surface area contributed by atoms with Crippen LogP contribution < -0.4 is 5.73 Å². The molecule has 0 spiro atoms. The van der Waals surface area contributed by atoms with E-state index in [9.17, 15) is 4.57 Å². The van der Waals surface area contributed by atoms with Gasteiger partial charge in [0, 0.05) is 0 Å². The number of ether oxygens (including phenoxy) is 1. The van der Waals surface area contributed by atoms with Gasteiger partial charge in [-0.05, 0) is 6.92 Å². The van der Waals surface area contributed by atoms with Gasteiger partial charge in [-0.3, -0.25) is 4.57 Å². The van der Waals surface area contributed by atoms with E-state index in [4.69, 9.17) is 19.5 Å². The Labute approximate surface area is 146 Å². The van der Waals surface area contributed by atoms with E-state index in [0.717, 1.165) is 0 Å². The Bertz CT molecular complexity index is 762. The first-order valence-electron chi connectivity index (χ1n) is 7.62. The molecule has 0 bridgehead atoms. The summed E-state index contributed by atoms with van der Waals surface area (Å²) in [5.74, 6) is 0.317. The molecule has 1 atom stereocenters. The average molecular weight is 367 g/mol. The van der Waals surface area contributed by atoms with Crippen molar-refractivity contribution in [2.45, 2.75) is 19.6 Å². The van der Waals surface area contributed by atoms with Gasteiger partial charge in [-0.2, -0.15) is 0 Å². The number of hydrogen-bond donors (Lipinski definition) is 1. The van der Waals surface area contributed by atoms with Gasteiger partial charge in [0.2, 0.25) is 0 Å². The number of aromatic nitrogens is 4. The zero-order valence-electron chi connectivity index (χ0n) is 14.1. The Kier molecular flexibility index (Phi) is 6.83. The minimum atomic E-state index is -3.39. The molecule has 9 nitrogen and oxygen atoms in total. The first-order chi connectivity index (χ1) is 12.0. The molecule has 0 saturated carbocycles. The normalized spacial score (nSPS) is 13.0. The van der Waals surface area contributed by atoms with Crippen molar-refractivity contribution < 1.29 is 18.3 Å². The highest BCUT2D eigenvalue weighted by Gasteiger charge is 2.25. The van der Waals surface area contributed by atoms with E-state index in [0.29, 0.717) is 23.5 Å². The van der Waals surface area contributed by atoms with Gasteiger partial charge < -0.3 is 24.1 Å². The predicted octanol–water partition coefficient (Wildman–Crippen LogP) is 2.37. The summed E-state index contributed by atoms with van der Waals surface area (Å²) < 4.78 is 30.5. The molecule has 0 radical (unpaired) electrons. The van der Waals surface area contributed by atoms with E-state index < -0.39 is 7.60 Å². The fourth-order valence-electron chi connectivity index (χ4n) is 2.02. The molecule has 0 fully saturated rings. The maximum absolute atomic E-state index is 12.6. The predicted molar refractivity (Wildman–Crippen MR) is 95.1 cm³/mol. The summed E-state index contributed by atoms with van der Waals surface area (Å²) in [5, 5.41) is 0. The average Bonchev–Trinajstić information content (AvgIpc) is 3.01. The molecule has 0 aliphatic rings. The number of hydrogen-bond acceptors (Lipinski definition) is 8. The third-order valence-corrected chi connectivity index (χ3v) is 4.73. The Balaban J connectivity index is 1.99. The largest absolute Gasteiger partial charge is 0.382 e. The SMILES string of the molecule is C=CCOP(=O)(CO[C@H](C)Cn1cnc2c(N)ncnc21)OCC=C. The Morgan fingerprint density at radius 3 is 2.60 bits per heavy atom. The summed E-state index contributed by atoms with van der Waals surface area (Å²) in [7, 11) is -3.39. The molecule has 2 N–H and O–H groups in total. The highest BCUT2D eigenvalue weighted by atomic mass is 31.2. The fourth-order valence-corrected chi connectivity index (χ4v) is 3.35. The molecule has 0 aliphatic carbocycles. The van der Waals surface area contributed by atoms with Gasteiger partial charge in [0.15, 0.2) is 11.5 Å². The van der Waals surface area contributed by atoms with Crippen molar-refractivity contribution in [3.8, 4) is 0 Å². The number of nitrogens with two attached hydrogens (primary N) is 1. The van der Waals surface area contributed by atoms with Crippen LogP contribution in [0.15, 0.2) is 38.0 Å². The molecule has 0 unspecified atom stereocenters. The zero-order chi connectivity index (χ0) is 18.3. The van der Waals surface area contributed by atoms with Gasteiger partial charge in [0.1, 0.15) is 18.2 Å². The molecule has 2 rings (SSSR count). The first kappa shape index (κ1) is 19.3. The second kappa shape index (κ2) is 8.87. The van der Waals surface area contributed by atoms with Gasteiger partial charge in [0.25, 0.3) is 0 Å². The molecule has 2 aromatic heterocycles. The summed E-state index contributed by atoms with van der Waals surface area (Å²) in [4.78, 5) is 12.3. The summed E-state index contributed by atoms with van der Waals surface area (Å²) in [6.45, 7) is 9.55. The van der Waals surface area contributed by atoms with E-state index in [2.05, 4.69) is 28.1 Å². The summed E-state index contributed by atoms with van der Waals surface area (Å²) >= 11 is 0. The highest BCUT2D eigenvalue weighted by Crippen LogP contribution is 2.48. The third-order valence-electron chi connectivity index (χ3n) is 3.18. The molecule has 10 heteroatoms. The molecular weight excluding hydrogens is 345 g/mol. The van der Waals surface area contributed by atoms with Crippen LogP contribution in [-0.4, -0.2) is 45.2 Å². The van der Waals surface area contributed by atoms with E-state index in [1.165, 1.54) is 18.5 Å². The van der Waals surface area contributed by atoms with Crippen molar-refractivity contribution in [2.75, 3.05) is 25.3 Å². The molecular formula is C15H22N5O4P.